The lowest BCUT2D eigenvalue weighted by atomic mass is 9.29. The molecule has 0 aromatic heterocycles. The topological polar surface area (TPSA) is 31.4 Å². The molecule has 4 heterocycles. The van der Waals surface area contributed by atoms with Crippen molar-refractivity contribution in [3.63, 3.8) is 0 Å². The minimum Gasteiger partial charge on any atom is -0.458 e. The minimum absolute atomic E-state index is 0.298. The van der Waals surface area contributed by atoms with Gasteiger partial charge in [0.25, 0.3) is 13.4 Å². The van der Waals surface area contributed by atoms with E-state index in [0.29, 0.717) is 0 Å². The summed E-state index contributed by atoms with van der Waals surface area (Å²) in [5.41, 5.74) is 23.8. The molecule has 0 saturated heterocycles. The van der Waals surface area contributed by atoms with E-state index in [1.54, 1.807) is 0 Å². The highest BCUT2D eigenvalue weighted by Gasteiger charge is 2.52. The Morgan fingerprint density at radius 3 is 0.919 bits per heavy atom. The molecular weight excluding hydrogens is 1050 g/mol. The molecule has 86 heavy (non-hydrogen) atoms. The highest BCUT2D eigenvalue weighted by atomic mass is 16.5. The molecule has 4 aliphatic rings. The summed E-state index contributed by atoms with van der Waals surface area (Å²) in [6.07, 6.45) is 0. The average Bonchev–Trinajstić information content (AvgIpc) is 0.692. The van der Waals surface area contributed by atoms with Crippen LogP contribution in [0.15, 0.2) is 315 Å². The lowest BCUT2D eigenvalue weighted by molar-refractivity contribution is 0.487. The third-order valence-electron chi connectivity index (χ3n) is 17.4. The molecule has 402 valence electrons. The van der Waals surface area contributed by atoms with E-state index < -0.39 is 0 Å². The molecule has 0 aliphatic carbocycles. The third kappa shape index (κ3) is 7.84. The number of rotatable bonds is 10. The second kappa shape index (κ2) is 20.3. The zero-order chi connectivity index (χ0) is 56.7. The highest BCUT2D eigenvalue weighted by Crippen LogP contribution is 2.56. The predicted octanol–water partition coefficient (Wildman–Crippen LogP) is 16.8. The van der Waals surface area contributed by atoms with Crippen molar-refractivity contribution >= 4 is 114 Å². The molecule has 13 aromatic carbocycles. The van der Waals surface area contributed by atoms with Crippen LogP contribution in [0.25, 0.3) is 22.3 Å². The molecule has 0 N–H and O–H groups in total. The number of ether oxygens (including phenoxy) is 2. The number of fused-ring (bicyclic) bond motifs is 8. The summed E-state index contributed by atoms with van der Waals surface area (Å²) >= 11 is 0. The van der Waals surface area contributed by atoms with Gasteiger partial charge in [-0.25, -0.2) is 0 Å². The molecule has 13 aromatic rings. The van der Waals surface area contributed by atoms with Crippen LogP contribution in [-0.2, 0) is 0 Å². The molecule has 0 radical (unpaired) electrons. The molecule has 6 nitrogen and oxygen atoms in total. The van der Waals surface area contributed by atoms with Gasteiger partial charge in [0.2, 0.25) is 0 Å². The van der Waals surface area contributed by atoms with Crippen molar-refractivity contribution in [2.45, 2.75) is 0 Å². The zero-order valence-electron chi connectivity index (χ0n) is 46.8. The predicted molar refractivity (Wildman–Crippen MR) is 358 cm³/mol. The van der Waals surface area contributed by atoms with E-state index in [4.69, 9.17) is 9.47 Å². The summed E-state index contributed by atoms with van der Waals surface area (Å²) in [4.78, 5) is 9.85. The Morgan fingerprint density at radius 1 is 0.256 bits per heavy atom. The first-order chi connectivity index (χ1) is 42.7. The summed E-state index contributed by atoms with van der Waals surface area (Å²) in [5.74, 6) is 3.29. The van der Waals surface area contributed by atoms with E-state index in [-0.39, 0.29) is 13.4 Å². The highest BCUT2D eigenvalue weighted by molar-refractivity contribution is 7.04. The Morgan fingerprint density at radius 2 is 0.558 bits per heavy atom. The second-order valence-electron chi connectivity index (χ2n) is 22.3. The summed E-state index contributed by atoms with van der Waals surface area (Å²) in [5, 5.41) is 0. The number of benzene rings is 13. The summed E-state index contributed by atoms with van der Waals surface area (Å²) in [6, 6.07) is 114. The molecule has 0 fully saturated rings. The van der Waals surface area contributed by atoms with Crippen molar-refractivity contribution in [2.24, 2.45) is 0 Å². The van der Waals surface area contributed by atoms with Crippen molar-refractivity contribution < 1.29 is 9.47 Å². The first kappa shape index (κ1) is 49.4. The van der Waals surface area contributed by atoms with Gasteiger partial charge < -0.3 is 29.1 Å². The van der Waals surface area contributed by atoms with Gasteiger partial charge in [-0.15, -0.1) is 0 Å². The first-order valence-corrected chi connectivity index (χ1v) is 29.5. The van der Waals surface area contributed by atoms with Gasteiger partial charge in [0.15, 0.2) is 0 Å². The van der Waals surface area contributed by atoms with Crippen LogP contribution in [0.2, 0.25) is 0 Å². The van der Waals surface area contributed by atoms with Gasteiger partial charge >= 0.3 is 0 Å². The first-order valence-electron chi connectivity index (χ1n) is 29.5. The van der Waals surface area contributed by atoms with Crippen LogP contribution in [0.1, 0.15) is 0 Å². The maximum absolute atomic E-state index is 7.41. The van der Waals surface area contributed by atoms with Gasteiger partial charge in [-0.1, -0.05) is 206 Å². The average molecular weight is 1100 g/mol. The Kier molecular flexibility index (Phi) is 11.7. The molecule has 0 spiro atoms. The smallest absolute Gasteiger partial charge is 0.257 e. The summed E-state index contributed by atoms with van der Waals surface area (Å²) in [6.45, 7) is -0.597. The second-order valence-corrected chi connectivity index (χ2v) is 22.3. The van der Waals surface area contributed by atoms with Gasteiger partial charge in [0.05, 0.1) is 22.7 Å². The fraction of sp³-hybridized carbons (Fsp3) is 0. The van der Waals surface area contributed by atoms with Gasteiger partial charge in [-0.3, -0.25) is 0 Å². The summed E-state index contributed by atoms with van der Waals surface area (Å²) in [7, 11) is 0. The fourth-order valence-corrected chi connectivity index (χ4v) is 14.1. The molecule has 17 rings (SSSR count). The Balaban J connectivity index is 1.07. The van der Waals surface area contributed by atoms with Crippen molar-refractivity contribution in [3.8, 4) is 45.3 Å². The van der Waals surface area contributed by atoms with E-state index in [0.717, 1.165) is 130 Å². The van der Waals surface area contributed by atoms with E-state index >= 15 is 0 Å². The van der Waals surface area contributed by atoms with E-state index in [9.17, 15) is 0 Å². The molecular formula is C78H52B2N4O2. The van der Waals surface area contributed by atoms with E-state index in [1.807, 2.05) is 0 Å². The van der Waals surface area contributed by atoms with Gasteiger partial charge in [-0.2, -0.15) is 0 Å². The number of hydrogen-bond donors (Lipinski definition) is 0. The molecule has 0 amide bonds. The van der Waals surface area contributed by atoms with Gasteiger partial charge in [0.1, 0.15) is 23.0 Å². The number of hydrogen-bond acceptors (Lipinski definition) is 6. The molecule has 0 unspecified atom stereocenters. The number of anilines is 12. The monoisotopic (exact) mass is 1100 g/mol. The van der Waals surface area contributed by atoms with Crippen molar-refractivity contribution in [2.75, 3.05) is 19.6 Å². The van der Waals surface area contributed by atoms with Crippen LogP contribution in [0, 0.1) is 0 Å². The maximum Gasteiger partial charge on any atom is 0.257 e. The number of para-hydroxylation sites is 8. The molecule has 4 aliphatic heterocycles. The van der Waals surface area contributed by atoms with E-state index in [1.165, 1.54) is 16.5 Å². The Labute approximate surface area is 501 Å². The van der Waals surface area contributed by atoms with Crippen LogP contribution >= 0.6 is 0 Å². The Bertz CT molecular complexity index is 4380. The molecule has 8 heteroatoms. The van der Waals surface area contributed by atoms with Crippen LogP contribution in [0.4, 0.5) is 68.2 Å². The lowest BCUT2D eigenvalue weighted by Crippen LogP contribution is -2.65. The lowest BCUT2D eigenvalue weighted by Gasteiger charge is -2.48. The van der Waals surface area contributed by atoms with Crippen molar-refractivity contribution in [1.29, 1.82) is 0 Å². The Hall–Kier alpha value is -11.2. The van der Waals surface area contributed by atoms with Crippen LogP contribution in [0.5, 0.6) is 23.0 Å². The minimum atomic E-state index is -0.298. The maximum atomic E-state index is 7.41. The fourth-order valence-electron chi connectivity index (χ4n) is 14.1. The molecule has 0 atom stereocenters. The van der Waals surface area contributed by atoms with E-state index in [2.05, 4.69) is 335 Å². The SMILES string of the molecule is c1ccc(-c2c3c(c(-c4ccccc4)c4c2B2c5ccccc5Oc5cc(N(c6ccccc6)c6ccccc6)cc(c52)N4c2ccccc2)N(c2ccccc2)c2cc(N(c4ccccc4)c4ccccc4)cc4c2B3c2ccccc2O4)cc1. The normalized spacial score (nSPS) is 12.7. The standard InChI is InChI=1S/C78H52B2N4O2/c1-9-29-53(30-10-1)71-75-77(83(59-41-21-7-22-42-59)65-49-61(51-69-73(65)79(75)63-45-25-27-47-67(63)85-69)81(55-33-13-3-14-34-55)56-35-15-4-16-36-56)72(54-31-11-2-12-32-54)78-76(71)80-64-46-26-28-48-68(64)86-70-52-62(50-66(74(70)80)84(78)60-43-23-8-24-44-60)82(57-37-17-5-18-38-57)58-39-19-6-20-40-58/h1-52H. The third-order valence-corrected chi connectivity index (χ3v) is 17.4. The molecule has 0 saturated carbocycles. The van der Waals surface area contributed by atoms with Crippen LogP contribution < -0.4 is 61.9 Å². The van der Waals surface area contributed by atoms with Gasteiger partial charge in [-0.05, 0) is 147 Å². The largest absolute Gasteiger partial charge is 0.458 e. The van der Waals surface area contributed by atoms with Gasteiger partial charge in [0, 0.05) is 63.2 Å². The summed E-state index contributed by atoms with van der Waals surface area (Å²) < 4.78 is 14.8. The van der Waals surface area contributed by atoms with Crippen molar-refractivity contribution in [3.05, 3.63) is 315 Å². The van der Waals surface area contributed by atoms with Crippen LogP contribution in [-0.4, -0.2) is 13.4 Å². The quantitative estimate of drug-likeness (QED) is 0.127. The van der Waals surface area contributed by atoms with Crippen LogP contribution in [0.3, 0.4) is 0 Å². The molecule has 0 bridgehead atoms. The van der Waals surface area contributed by atoms with Crippen molar-refractivity contribution in [1.82, 2.24) is 0 Å². The number of nitrogens with zero attached hydrogens (tertiary/aromatic N) is 4. The zero-order valence-corrected chi connectivity index (χ0v) is 46.8.